The molecule has 148 valence electrons. The van der Waals surface area contributed by atoms with E-state index in [4.69, 9.17) is 9.47 Å². The Morgan fingerprint density at radius 3 is 2.25 bits per heavy atom. The van der Waals surface area contributed by atoms with Crippen LogP contribution in [-0.4, -0.2) is 36.8 Å². The highest BCUT2D eigenvalue weighted by atomic mass is 19.1. The summed E-state index contributed by atoms with van der Waals surface area (Å²) < 4.78 is 52.0. The van der Waals surface area contributed by atoms with E-state index in [2.05, 4.69) is 4.90 Å². The van der Waals surface area contributed by atoms with Gasteiger partial charge in [0.15, 0.2) is 6.10 Å². The van der Waals surface area contributed by atoms with Gasteiger partial charge in [-0.15, -0.1) is 0 Å². The summed E-state index contributed by atoms with van der Waals surface area (Å²) in [5, 5.41) is 0. The molecular weight excluding hydrogens is 371 g/mol. The van der Waals surface area contributed by atoms with Crippen LogP contribution in [-0.2, 0) is 9.47 Å². The molecule has 3 saturated heterocycles. The van der Waals surface area contributed by atoms with E-state index in [1.165, 1.54) is 18.2 Å². The Balaban J connectivity index is 1.56. The lowest BCUT2D eigenvalue weighted by atomic mass is 9.86. The first-order valence-corrected chi connectivity index (χ1v) is 9.29. The van der Waals surface area contributed by atoms with Gasteiger partial charge in [0.25, 0.3) is 0 Å². The van der Waals surface area contributed by atoms with Crippen molar-refractivity contribution in [2.75, 3.05) is 19.6 Å². The smallest absolute Gasteiger partial charge is 0.429 e. The molecule has 5 rings (SSSR count). The number of nitrogens with zero attached hydrogens (tertiary/aromatic N) is 1. The van der Waals surface area contributed by atoms with Crippen molar-refractivity contribution in [3.63, 3.8) is 0 Å². The number of piperidine rings is 3. The van der Waals surface area contributed by atoms with E-state index in [0.717, 1.165) is 50.2 Å². The molecule has 2 aromatic rings. The molecule has 28 heavy (non-hydrogen) atoms. The molecule has 2 atom stereocenters. The number of hydrogen-bond acceptors (Lipinski definition) is 4. The minimum Gasteiger partial charge on any atom is -0.429 e. The minimum absolute atomic E-state index is 0.0639. The average Bonchev–Trinajstić information content (AvgIpc) is 2.66. The standard InChI is InChI=1S/C21H20F3NO3/c22-16-3-1-2-14(8-16)20(15-9-17(23)11-18(24)10-15)28-21(26)27-19-12-25-6-4-13(19)5-7-25/h1-3,8-11,13,19-20H,4-7,12H2. The van der Waals surface area contributed by atoms with Gasteiger partial charge in [-0.2, -0.15) is 0 Å². The van der Waals surface area contributed by atoms with E-state index in [1.54, 1.807) is 0 Å². The van der Waals surface area contributed by atoms with Crippen LogP contribution in [0.4, 0.5) is 18.0 Å². The highest BCUT2D eigenvalue weighted by Crippen LogP contribution is 2.32. The molecule has 0 aliphatic carbocycles. The van der Waals surface area contributed by atoms with Crippen LogP contribution in [0.25, 0.3) is 0 Å². The van der Waals surface area contributed by atoms with Crippen LogP contribution in [0.3, 0.4) is 0 Å². The lowest BCUT2D eigenvalue weighted by Crippen LogP contribution is -2.52. The molecule has 2 aromatic carbocycles. The Labute approximate surface area is 160 Å². The van der Waals surface area contributed by atoms with E-state index in [9.17, 15) is 18.0 Å². The number of benzene rings is 2. The maximum absolute atomic E-state index is 13.7. The quantitative estimate of drug-likeness (QED) is 0.723. The summed E-state index contributed by atoms with van der Waals surface area (Å²) in [6.07, 6.45) is -0.472. The zero-order valence-corrected chi connectivity index (χ0v) is 15.1. The first-order valence-electron chi connectivity index (χ1n) is 9.29. The van der Waals surface area contributed by atoms with Gasteiger partial charge < -0.3 is 9.47 Å². The molecule has 2 unspecified atom stereocenters. The lowest BCUT2D eigenvalue weighted by Gasteiger charge is -2.43. The topological polar surface area (TPSA) is 38.8 Å². The summed E-state index contributed by atoms with van der Waals surface area (Å²) in [4.78, 5) is 14.7. The van der Waals surface area contributed by atoms with Gasteiger partial charge in [0, 0.05) is 23.7 Å². The first-order chi connectivity index (χ1) is 13.5. The first kappa shape index (κ1) is 18.8. The maximum Gasteiger partial charge on any atom is 0.509 e. The van der Waals surface area contributed by atoms with Gasteiger partial charge >= 0.3 is 6.16 Å². The highest BCUT2D eigenvalue weighted by molar-refractivity contribution is 5.61. The average molecular weight is 391 g/mol. The fourth-order valence-corrected chi connectivity index (χ4v) is 4.02. The number of hydrogen-bond donors (Lipinski definition) is 0. The third-order valence-electron chi connectivity index (χ3n) is 5.40. The number of rotatable bonds is 4. The Morgan fingerprint density at radius 2 is 1.64 bits per heavy atom. The molecule has 3 heterocycles. The van der Waals surface area contributed by atoms with E-state index in [-0.39, 0.29) is 23.1 Å². The Kier molecular flexibility index (Phi) is 5.26. The predicted octanol–water partition coefficient (Wildman–Crippen LogP) is 4.44. The van der Waals surface area contributed by atoms with Crippen molar-refractivity contribution in [1.82, 2.24) is 4.90 Å². The van der Waals surface area contributed by atoms with E-state index < -0.39 is 29.7 Å². The Bertz CT molecular complexity index is 847. The summed E-state index contributed by atoms with van der Waals surface area (Å²) in [6, 6.07) is 8.19. The molecule has 3 aliphatic heterocycles. The molecule has 0 aromatic heterocycles. The van der Waals surface area contributed by atoms with Crippen molar-refractivity contribution in [2.24, 2.45) is 5.92 Å². The van der Waals surface area contributed by atoms with Crippen molar-refractivity contribution >= 4 is 6.16 Å². The van der Waals surface area contributed by atoms with Crippen molar-refractivity contribution in [3.8, 4) is 0 Å². The second kappa shape index (κ2) is 7.83. The molecule has 0 radical (unpaired) electrons. The molecule has 4 nitrogen and oxygen atoms in total. The summed E-state index contributed by atoms with van der Waals surface area (Å²) in [5.74, 6) is -1.89. The molecule has 0 spiro atoms. The Morgan fingerprint density at radius 1 is 0.964 bits per heavy atom. The molecule has 0 amide bonds. The SMILES string of the molecule is O=C(OC(c1cccc(F)c1)c1cc(F)cc(F)c1)OC1CN2CCC1CC2. The van der Waals surface area contributed by atoms with Gasteiger partial charge in [-0.25, -0.2) is 18.0 Å². The van der Waals surface area contributed by atoms with Crippen molar-refractivity contribution in [3.05, 3.63) is 71.0 Å². The molecule has 0 saturated carbocycles. The summed E-state index contributed by atoms with van der Waals surface area (Å²) in [6.45, 7) is 2.64. The third-order valence-corrected chi connectivity index (χ3v) is 5.40. The van der Waals surface area contributed by atoms with Crippen molar-refractivity contribution in [2.45, 2.75) is 25.0 Å². The van der Waals surface area contributed by atoms with Crippen molar-refractivity contribution in [1.29, 1.82) is 0 Å². The minimum atomic E-state index is -1.19. The van der Waals surface area contributed by atoms with Gasteiger partial charge in [0.2, 0.25) is 0 Å². The van der Waals surface area contributed by atoms with Crippen LogP contribution in [0, 0.1) is 23.4 Å². The van der Waals surface area contributed by atoms with E-state index in [0.29, 0.717) is 6.54 Å². The maximum atomic E-state index is 13.7. The summed E-state index contributed by atoms with van der Waals surface area (Å²) in [5.41, 5.74) is 0.324. The molecular formula is C21H20F3NO3. The van der Waals surface area contributed by atoms with Gasteiger partial charge in [-0.3, -0.25) is 4.90 Å². The van der Waals surface area contributed by atoms with Crippen LogP contribution < -0.4 is 0 Å². The zero-order chi connectivity index (χ0) is 19.7. The van der Waals surface area contributed by atoms with Gasteiger partial charge in [-0.05, 0) is 56.1 Å². The zero-order valence-electron chi connectivity index (χ0n) is 15.1. The van der Waals surface area contributed by atoms with Gasteiger partial charge in [0.1, 0.15) is 23.6 Å². The summed E-state index contributed by atoms with van der Waals surface area (Å²) >= 11 is 0. The fraction of sp³-hybridized carbons (Fsp3) is 0.381. The number of carbonyl (C=O) groups is 1. The third kappa shape index (κ3) is 4.14. The predicted molar refractivity (Wildman–Crippen MR) is 95.1 cm³/mol. The van der Waals surface area contributed by atoms with Gasteiger partial charge in [-0.1, -0.05) is 12.1 Å². The number of ether oxygens (including phenoxy) is 2. The monoisotopic (exact) mass is 391 g/mol. The molecule has 3 aliphatic rings. The van der Waals surface area contributed by atoms with Crippen LogP contribution in [0.15, 0.2) is 42.5 Å². The van der Waals surface area contributed by atoms with Crippen LogP contribution >= 0.6 is 0 Å². The van der Waals surface area contributed by atoms with Crippen LogP contribution in [0.1, 0.15) is 30.1 Å². The molecule has 7 heteroatoms. The highest BCUT2D eigenvalue weighted by Gasteiger charge is 2.37. The van der Waals surface area contributed by atoms with E-state index >= 15 is 0 Å². The second-order valence-corrected chi connectivity index (χ2v) is 7.30. The number of carbonyl (C=O) groups excluding carboxylic acids is 1. The number of halogens is 3. The van der Waals surface area contributed by atoms with Gasteiger partial charge in [0.05, 0.1) is 0 Å². The Hall–Kier alpha value is -2.54. The van der Waals surface area contributed by atoms with Crippen LogP contribution in [0.2, 0.25) is 0 Å². The largest absolute Gasteiger partial charge is 0.509 e. The molecule has 0 N–H and O–H groups in total. The molecule has 3 fully saturated rings. The number of fused-ring (bicyclic) bond motifs is 3. The fourth-order valence-electron chi connectivity index (χ4n) is 4.02. The molecule has 2 bridgehead atoms. The van der Waals surface area contributed by atoms with E-state index in [1.807, 2.05) is 0 Å². The van der Waals surface area contributed by atoms with Crippen molar-refractivity contribution < 1.29 is 27.4 Å². The normalized spacial score (nSPS) is 24.6. The van der Waals surface area contributed by atoms with Crippen LogP contribution in [0.5, 0.6) is 0 Å². The summed E-state index contributed by atoms with van der Waals surface area (Å²) in [7, 11) is 0. The second-order valence-electron chi connectivity index (χ2n) is 7.30. The lowest BCUT2D eigenvalue weighted by molar-refractivity contribution is -0.0642.